The van der Waals surface area contributed by atoms with Crippen LogP contribution in [-0.2, 0) is 0 Å². The van der Waals surface area contributed by atoms with Crippen molar-refractivity contribution >= 4 is 23.0 Å². The molecule has 3 heterocycles. The molecule has 1 saturated heterocycles. The van der Waals surface area contributed by atoms with E-state index in [-0.39, 0.29) is 17.8 Å². The van der Waals surface area contributed by atoms with Crippen molar-refractivity contribution in [1.29, 1.82) is 0 Å². The minimum absolute atomic E-state index is 0.149. The van der Waals surface area contributed by atoms with E-state index in [1.807, 2.05) is 55.5 Å². The molecule has 33 heavy (non-hydrogen) atoms. The van der Waals surface area contributed by atoms with Gasteiger partial charge in [0.25, 0.3) is 0 Å². The fraction of sp³-hybridized carbons (Fsp3) is 0.154. The van der Waals surface area contributed by atoms with E-state index in [1.54, 1.807) is 18.3 Å². The summed E-state index contributed by atoms with van der Waals surface area (Å²) in [5.41, 5.74) is 3.90. The van der Waals surface area contributed by atoms with E-state index in [4.69, 9.17) is 17.0 Å². The van der Waals surface area contributed by atoms with Crippen LogP contribution in [0.5, 0.6) is 11.5 Å². The number of phenolic OH excluding ortho intramolecular Hbond substituents is 1. The second-order valence-electron chi connectivity index (χ2n) is 7.74. The normalized spacial score (nSPS) is 17.7. The Morgan fingerprint density at radius 1 is 0.970 bits per heavy atom. The summed E-state index contributed by atoms with van der Waals surface area (Å²) in [7, 11) is 0. The molecule has 2 atom stereocenters. The summed E-state index contributed by atoms with van der Waals surface area (Å²) in [4.78, 5) is 6.71. The van der Waals surface area contributed by atoms with Gasteiger partial charge in [-0.25, -0.2) is 0 Å². The van der Waals surface area contributed by atoms with Crippen LogP contribution in [0.15, 0.2) is 91.3 Å². The smallest absolute Gasteiger partial charge is 0.174 e. The van der Waals surface area contributed by atoms with Gasteiger partial charge < -0.3 is 24.6 Å². The van der Waals surface area contributed by atoms with Crippen LogP contribution in [0.3, 0.4) is 0 Å². The topological polar surface area (TPSA) is 62.5 Å². The monoisotopic (exact) mass is 456 g/mol. The van der Waals surface area contributed by atoms with E-state index in [1.165, 1.54) is 0 Å². The highest BCUT2D eigenvalue weighted by Gasteiger charge is 2.42. The van der Waals surface area contributed by atoms with Crippen molar-refractivity contribution in [2.75, 3.05) is 11.5 Å². The maximum absolute atomic E-state index is 9.81. The number of ether oxygens (including phenoxy) is 1. The Kier molecular flexibility index (Phi) is 5.71. The molecule has 0 saturated carbocycles. The minimum Gasteiger partial charge on any atom is -0.508 e. The number of aromatic hydroxyl groups is 1. The number of hydrogen-bond donors (Lipinski definition) is 2. The van der Waals surface area contributed by atoms with Crippen molar-refractivity contribution in [1.82, 2.24) is 14.9 Å². The van der Waals surface area contributed by atoms with Crippen LogP contribution >= 0.6 is 12.2 Å². The second kappa shape index (κ2) is 8.96. The number of hydrogen-bond acceptors (Lipinski definition) is 4. The van der Waals surface area contributed by atoms with Crippen molar-refractivity contribution in [3.8, 4) is 17.2 Å². The standard InChI is InChI=1S/C26H24N4O2S/c1-2-32-21-14-10-18(11-15-21)29-17-5-7-23(29)25-24(22-6-3-4-16-27-22)28-26(33)30(25)19-8-12-20(31)13-9-19/h3-17,24-25,31H,2H2,1H3,(H,28,33)/t24-,25-/m1/s1. The van der Waals surface area contributed by atoms with Gasteiger partial charge in [0, 0.05) is 29.5 Å². The van der Waals surface area contributed by atoms with Crippen molar-refractivity contribution in [2.45, 2.75) is 19.0 Å². The lowest BCUT2D eigenvalue weighted by molar-refractivity contribution is 0.340. The Hall–Kier alpha value is -3.84. The highest BCUT2D eigenvalue weighted by atomic mass is 32.1. The summed E-state index contributed by atoms with van der Waals surface area (Å²) >= 11 is 5.79. The first-order valence-corrected chi connectivity index (χ1v) is 11.3. The van der Waals surface area contributed by atoms with Gasteiger partial charge in [0.1, 0.15) is 17.5 Å². The van der Waals surface area contributed by atoms with Crippen molar-refractivity contribution in [3.63, 3.8) is 0 Å². The molecule has 0 spiro atoms. The minimum atomic E-state index is -0.154. The van der Waals surface area contributed by atoms with Crippen LogP contribution in [0.25, 0.3) is 5.69 Å². The first-order valence-electron chi connectivity index (χ1n) is 10.9. The highest BCUT2D eigenvalue weighted by Crippen LogP contribution is 2.42. The van der Waals surface area contributed by atoms with E-state index in [9.17, 15) is 5.11 Å². The molecule has 7 heteroatoms. The number of phenols is 1. The quantitative estimate of drug-likeness (QED) is 0.391. The van der Waals surface area contributed by atoms with Gasteiger partial charge in [-0.05, 0) is 91.9 Å². The van der Waals surface area contributed by atoms with Crippen molar-refractivity contribution in [2.24, 2.45) is 0 Å². The molecule has 2 N–H and O–H groups in total. The first kappa shape index (κ1) is 21.0. The molecule has 4 aromatic rings. The molecule has 2 aromatic heterocycles. The SMILES string of the molecule is CCOc1ccc(-n2cccc2[C@@H]2[C@@H](c3ccccn3)NC(=S)N2c2ccc(O)cc2)cc1. The lowest BCUT2D eigenvalue weighted by Gasteiger charge is -2.29. The summed E-state index contributed by atoms with van der Waals surface area (Å²) in [5.74, 6) is 1.06. The van der Waals surface area contributed by atoms with E-state index in [2.05, 4.69) is 44.2 Å². The molecule has 0 amide bonds. The zero-order chi connectivity index (χ0) is 22.8. The number of thiocarbonyl (C=S) groups is 1. The number of pyridine rings is 1. The van der Waals surface area contributed by atoms with Gasteiger partial charge in [-0.1, -0.05) is 6.07 Å². The van der Waals surface area contributed by atoms with E-state index in [0.717, 1.165) is 28.5 Å². The largest absolute Gasteiger partial charge is 0.508 e. The predicted molar refractivity (Wildman–Crippen MR) is 133 cm³/mol. The van der Waals surface area contributed by atoms with Crippen LogP contribution in [0.4, 0.5) is 5.69 Å². The molecule has 0 aliphatic carbocycles. The molecule has 166 valence electrons. The molecule has 1 fully saturated rings. The Morgan fingerprint density at radius 2 is 1.73 bits per heavy atom. The summed E-state index contributed by atoms with van der Waals surface area (Å²) in [6.07, 6.45) is 3.85. The molecule has 0 bridgehead atoms. The number of rotatable bonds is 6. The first-order chi connectivity index (χ1) is 16.2. The zero-order valence-electron chi connectivity index (χ0n) is 18.1. The molecule has 6 nitrogen and oxygen atoms in total. The molecule has 1 aliphatic rings. The Labute approximate surface area is 198 Å². The van der Waals surface area contributed by atoms with E-state index >= 15 is 0 Å². The van der Waals surface area contributed by atoms with E-state index < -0.39 is 0 Å². The number of anilines is 1. The third kappa shape index (κ3) is 4.03. The average molecular weight is 457 g/mol. The summed E-state index contributed by atoms with van der Waals surface area (Å²) in [6.45, 7) is 2.61. The van der Waals surface area contributed by atoms with Crippen LogP contribution in [0.2, 0.25) is 0 Å². The van der Waals surface area contributed by atoms with Crippen LogP contribution in [-0.4, -0.2) is 26.4 Å². The van der Waals surface area contributed by atoms with Crippen molar-refractivity contribution in [3.05, 3.63) is 103 Å². The highest BCUT2D eigenvalue weighted by molar-refractivity contribution is 7.80. The van der Waals surface area contributed by atoms with Gasteiger partial charge in [-0.15, -0.1) is 0 Å². The Balaban J connectivity index is 1.61. The molecule has 1 aliphatic heterocycles. The van der Waals surface area contributed by atoms with Gasteiger partial charge in [0.15, 0.2) is 5.11 Å². The van der Waals surface area contributed by atoms with E-state index in [0.29, 0.717) is 11.7 Å². The predicted octanol–water partition coefficient (Wildman–Crippen LogP) is 5.15. The fourth-order valence-corrected chi connectivity index (χ4v) is 4.63. The number of aromatic nitrogens is 2. The maximum Gasteiger partial charge on any atom is 0.174 e. The third-order valence-corrected chi connectivity index (χ3v) is 6.05. The van der Waals surface area contributed by atoms with Crippen LogP contribution < -0.4 is 15.0 Å². The molecular weight excluding hydrogens is 432 g/mol. The lowest BCUT2D eigenvalue weighted by Crippen LogP contribution is -2.30. The third-order valence-electron chi connectivity index (χ3n) is 5.74. The zero-order valence-corrected chi connectivity index (χ0v) is 18.9. The average Bonchev–Trinajstić information content (AvgIpc) is 3.45. The molecule has 2 aromatic carbocycles. The number of nitrogens with zero attached hydrogens (tertiary/aromatic N) is 3. The summed E-state index contributed by atoms with van der Waals surface area (Å²) in [5, 5.41) is 13.9. The van der Waals surface area contributed by atoms with Gasteiger partial charge in [-0.3, -0.25) is 4.98 Å². The molecule has 0 radical (unpaired) electrons. The van der Waals surface area contributed by atoms with Crippen LogP contribution in [0.1, 0.15) is 30.4 Å². The van der Waals surface area contributed by atoms with Gasteiger partial charge in [0.05, 0.1) is 18.3 Å². The van der Waals surface area contributed by atoms with Gasteiger partial charge in [-0.2, -0.15) is 0 Å². The van der Waals surface area contributed by atoms with Crippen LogP contribution in [0, 0.1) is 0 Å². The molecular formula is C26H24N4O2S. The molecule has 0 unspecified atom stereocenters. The van der Waals surface area contributed by atoms with Gasteiger partial charge in [0.2, 0.25) is 0 Å². The Bertz CT molecular complexity index is 1240. The fourth-order valence-electron chi connectivity index (χ4n) is 4.29. The molecule has 5 rings (SSSR count). The lowest BCUT2D eigenvalue weighted by atomic mass is 10.0. The summed E-state index contributed by atoms with van der Waals surface area (Å²) < 4.78 is 7.77. The van der Waals surface area contributed by atoms with Gasteiger partial charge >= 0.3 is 0 Å². The van der Waals surface area contributed by atoms with Crippen molar-refractivity contribution < 1.29 is 9.84 Å². The maximum atomic E-state index is 9.81. The number of nitrogens with one attached hydrogen (secondary N) is 1. The summed E-state index contributed by atoms with van der Waals surface area (Å²) in [6, 6.07) is 24.9. The number of benzene rings is 2. The second-order valence-corrected chi connectivity index (χ2v) is 8.13. The Morgan fingerprint density at radius 3 is 2.42 bits per heavy atom.